The fourth-order valence-corrected chi connectivity index (χ4v) is 1.19. The molecule has 2 atom stereocenters. The molecule has 1 fully saturated rings. The number of nitrogens with zero attached hydrogens (tertiary/aromatic N) is 1. The summed E-state index contributed by atoms with van der Waals surface area (Å²) in [6, 6.07) is 1.47. The summed E-state index contributed by atoms with van der Waals surface area (Å²) < 4.78 is 4.78. The van der Waals surface area contributed by atoms with Crippen molar-refractivity contribution in [3.63, 3.8) is 0 Å². The van der Waals surface area contributed by atoms with Gasteiger partial charge in [0, 0.05) is 13.0 Å². The molecular formula is C8H13ClN2O3. The number of hydrogen-bond donors (Lipinski definition) is 2. The van der Waals surface area contributed by atoms with Crippen LogP contribution in [0.25, 0.3) is 0 Å². The highest BCUT2D eigenvalue weighted by atomic mass is 35.5. The minimum atomic E-state index is -0.464. The zero-order valence-corrected chi connectivity index (χ0v) is 8.42. The third-order valence-electron chi connectivity index (χ3n) is 1.85. The van der Waals surface area contributed by atoms with E-state index in [0.29, 0.717) is 13.0 Å². The van der Waals surface area contributed by atoms with Gasteiger partial charge in [0.05, 0.1) is 18.6 Å². The molecule has 14 heavy (non-hydrogen) atoms. The molecule has 1 heterocycles. The normalized spacial score (nSPS) is 24.9. The van der Waals surface area contributed by atoms with E-state index in [0.717, 1.165) is 0 Å². The lowest BCUT2D eigenvalue weighted by molar-refractivity contribution is -0.145. The number of aliphatic hydroxyl groups is 1. The summed E-state index contributed by atoms with van der Waals surface area (Å²) in [6.45, 7) is 0.557. The molecule has 0 aromatic heterocycles. The van der Waals surface area contributed by atoms with Crippen molar-refractivity contribution >= 4 is 18.4 Å². The van der Waals surface area contributed by atoms with Crippen LogP contribution in [0.2, 0.25) is 0 Å². The summed E-state index contributed by atoms with van der Waals surface area (Å²) in [7, 11) is 0. The summed E-state index contributed by atoms with van der Waals surface area (Å²) in [5.74, 6) is -0.383. The largest absolute Gasteiger partial charge is 0.463 e. The maximum absolute atomic E-state index is 11.2. The predicted molar refractivity (Wildman–Crippen MR) is 50.9 cm³/mol. The smallest absolute Gasteiger partial charge is 0.323 e. The summed E-state index contributed by atoms with van der Waals surface area (Å²) in [5, 5.41) is 20.1. The number of β-amino-alcohol motifs (C(OH)–C–C–N with tert-alkyl or cyclic N) is 1. The molecule has 1 aliphatic rings. The third kappa shape index (κ3) is 3.92. The Labute approximate surface area is 88.5 Å². The van der Waals surface area contributed by atoms with Crippen molar-refractivity contribution in [2.45, 2.75) is 25.0 Å². The first kappa shape index (κ1) is 13.2. The van der Waals surface area contributed by atoms with E-state index in [4.69, 9.17) is 15.1 Å². The molecule has 1 aliphatic heterocycles. The first-order chi connectivity index (χ1) is 6.24. The van der Waals surface area contributed by atoms with Crippen LogP contribution in [0.15, 0.2) is 0 Å². The molecule has 0 bridgehead atoms. The van der Waals surface area contributed by atoms with Crippen LogP contribution in [0.3, 0.4) is 0 Å². The fraction of sp³-hybridized carbons (Fsp3) is 0.750. The van der Waals surface area contributed by atoms with Crippen LogP contribution in [0.1, 0.15) is 12.8 Å². The quantitative estimate of drug-likeness (QED) is 0.499. The van der Waals surface area contributed by atoms with Gasteiger partial charge in [0.2, 0.25) is 0 Å². The second-order valence-electron chi connectivity index (χ2n) is 2.93. The number of esters is 1. The molecule has 5 nitrogen and oxygen atoms in total. The number of halogens is 1. The topological polar surface area (TPSA) is 82.3 Å². The Morgan fingerprint density at radius 2 is 2.43 bits per heavy atom. The van der Waals surface area contributed by atoms with Crippen molar-refractivity contribution in [3.8, 4) is 6.07 Å². The van der Waals surface area contributed by atoms with Gasteiger partial charge in [-0.15, -0.1) is 12.4 Å². The van der Waals surface area contributed by atoms with Gasteiger partial charge in [-0.2, -0.15) is 5.26 Å². The Balaban J connectivity index is 0.00000169. The Morgan fingerprint density at radius 3 is 2.93 bits per heavy atom. The van der Waals surface area contributed by atoms with E-state index >= 15 is 0 Å². The summed E-state index contributed by atoms with van der Waals surface area (Å²) in [4.78, 5) is 11.2. The lowest BCUT2D eigenvalue weighted by Crippen LogP contribution is -2.32. The van der Waals surface area contributed by atoms with Gasteiger partial charge in [-0.1, -0.05) is 0 Å². The SMILES string of the molecule is Cl.N#CCCOC(=O)[C@@H]1CC(O)CN1. The van der Waals surface area contributed by atoms with E-state index in [1.807, 2.05) is 6.07 Å². The van der Waals surface area contributed by atoms with Crippen LogP contribution in [-0.4, -0.2) is 36.4 Å². The Morgan fingerprint density at radius 1 is 1.71 bits per heavy atom. The van der Waals surface area contributed by atoms with Crippen molar-refractivity contribution in [1.29, 1.82) is 5.26 Å². The maximum Gasteiger partial charge on any atom is 0.323 e. The number of carbonyl (C=O) groups is 1. The fourth-order valence-electron chi connectivity index (χ4n) is 1.19. The predicted octanol–water partition coefficient (Wildman–Crippen LogP) is -0.412. The van der Waals surface area contributed by atoms with E-state index in [1.54, 1.807) is 0 Å². The maximum atomic E-state index is 11.2. The molecule has 0 aliphatic carbocycles. The molecule has 0 spiro atoms. The molecule has 80 valence electrons. The van der Waals surface area contributed by atoms with Crippen molar-refractivity contribution in [2.75, 3.05) is 13.2 Å². The second-order valence-corrected chi connectivity index (χ2v) is 2.93. The number of nitrogens with one attached hydrogen (secondary N) is 1. The van der Waals surface area contributed by atoms with Gasteiger partial charge < -0.3 is 15.2 Å². The van der Waals surface area contributed by atoms with E-state index < -0.39 is 12.1 Å². The first-order valence-electron chi connectivity index (χ1n) is 4.19. The lowest BCUT2D eigenvalue weighted by atomic mass is 10.2. The molecule has 0 aromatic carbocycles. The van der Waals surface area contributed by atoms with Crippen LogP contribution in [0.4, 0.5) is 0 Å². The molecule has 0 amide bonds. The van der Waals surface area contributed by atoms with E-state index in [-0.39, 0.29) is 31.4 Å². The zero-order valence-electron chi connectivity index (χ0n) is 7.60. The van der Waals surface area contributed by atoms with E-state index in [1.165, 1.54) is 0 Å². The monoisotopic (exact) mass is 220 g/mol. The van der Waals surface area contributed by atoms with Gasteiger partial charge in [0.15, 0.2) is 0 Å². The molecule has 0 saturated carbocycles. The molecule has 0 radical (unpaired) electrons. The molecule has 1 saturated heterocycles. The molecule has 1 unspecified atom stereocenters. The summed E-state index contributed by atoms with van der Waals surface area (Å²) >= 11 is 0. The lowest BCUT2D eigenvalue weighted by Gasteiger charge is -2.08. The van der Waals surface area contributed by atoms with Crippen molar-refractivity contribution in [1.82, 2.24) is 5.32 Å². The zero-order chi connectivity index (χ0) is 9.68. The number of rotatable bonds is 3. The highest BCUT2D eigenvalue weighted by Gasteiger charge is 2.28. The third-order valence-corrected chi connectivity index (χ3v) is 1.85. The van der Waals surface area contributed by atoms with Gasteiger partial charge in [-0.05, 0) is 0 Å². The average Bonchev–Trinajstić information content (AvgIpc) is 2.52. The number of nitriles is 1. The van der Waals surface area contributed by atoms with Gasteiger partial charge >= 0.3 is 5.97 Å². The standard InChI is InChI=1S/C8H12N2O3.ClH/c9-2-1-3-13-8(12)7-4-6(11)5-10-7;/h6-7,10-11H,1,3-5H2;1H/t6?,7-;/m0./s1. The van der Waals surface area contributed by atoms with E-state index in [9.17, 15) is 4.79 Å². The van der Waals surface area contributed by atoms with Gasteiger partial charge in [0.1, 0.15) is 12.6 Å². The second kappa shape index (κ2) is 6.60. The van der Waals surface area contributed by atoms with Gasteiger partial charge in [-0.25, -0.2) is 0 Å². The van der Waals surface area contributed by atoms with Crippen LogP contribution in [-0.2, 0) is 9.53 Å². The minimum Gasteiger partial charge on any atom is -0.463 e. The Hall–Kier alpha value is -0.830. The number of aliphatic hydroxyl groups excluding tert-OH is 1. The number of hydrogen-bond acceptors (Lipinski definition) is 5. The highest BCUT2D eigenvalue weighted by Crippen LogP contribution is 2.07. The van der Waals surface area contributed by atoms with E-state index in [2.05, 4.69) is 5.32 Å². The van der Waals surface area contributed by atoms with Crippen LogP contribution in [0, 0.1) is 11.3 Å². The molecule has 2 N–H and O–H groups in total. The molecule has 0 aromatic rings. The average molecular weight is 221 g/mol. The molecular weight excluding hydrogens is 208 g/mol. The highest BCUT2D eigenvalue weighted by molar-refractivity contribution is 5.85. The Bertz CT molecular complexity index is 229. The minimum absolute atomic E-state index is 0. The molecule has 1 rings (SSSR count). The van der Waals surface area contributed by atoms with Crippen LogP contribution < -0.4 is 5.32 Å². The first-order valence-corrected chi connectivity index (χ1v) is 4.19. The number of ether oxygens (including phenoxy) is 1. The van der Waals surface area contributed by atoms with Crippen LogP contribution >= 0.6 is 12.4 Å². The summed E-state index contributed by atoms with van der Waals surface area (Å²) in [5.41, 5.74) is 0. The summed E-state index contributed by atoms with van der Waals surface area (Å²) in [6.07, 6.45) is 0.139. The van der Waals surface area contributed by atoms with Crippen molar-refractivity contribution in [3.05, 3.63) is 0 Å². The number of carbonyl (C=O) groups excluding carboxylic acids is 1. The van der Waals surface area contributed by atoms with Crippen LogP contribution in [0.5, 0.6) is 0 Å². The van der Waals surface area contributed by atoms with Crippen molar-refractivity contribution in [2.24, 2.45) is 0 Å². The van der Waals surface area contributed by atoms with Gasteiger partial charge in [0.25, 0.3) is 0 Å². The van der Waals surface area contributed by atoms with Gasteiger partial charge in [-0.3, -0.25) is 4.79 Å². The molecule has 6 heteroatoms. The Kier molecular flexibility index (Phi) is 6.21. The van der Waals surface area contributed by atoms with Crippen molar-refractivity contribution < 1.29 is 14.6 Å².